The molecule has 1 rings (SSSR count). The summed E-state index contributed by atoms with van der Waals surface area (Å²) in [6.07, 6.45) is 3.64. The van der Waals surface area contributed by atoms with Gasteiger partial charge < -0.3 is 4.89 Å². The van der Waals surface area contributed by atoms with Gasteiger partial charge in [-0.15, -0.1) is 0 Å². The van der Waals surface area contributed by atoms with E-state index in [4.69, 9.17) is 0 Å². The monoisotopic (exact) mass is 130 g/mol. The molecule has 0 unspecified atom stereocenters. The molecule has 0 heterocycles. The second kappa shape index (κ2) is 3.45. The second-order valence-electron chi connectivity index (χ2n) is 2.25. The van der Waals surface area contributed by atoms with Gasteiger partial charge in [-0.25, -0.2) is 0 Å². The Kier molecular flexibility index (Phi) is 2.51. The summed E-state index contributed by atoms with van der Waals surface area (Å²) >= 11 is 0. The molecule has 1 fully saturated rings. The van der Waals surface area contributed by atoms with Gasteiger partial charge in [0.05, 0.1) is 6.61 Å². The van der Waals surface area contributed by atoms with Crippen molar-refractivity contribution in [3.8, 4) is 0 Å². The zero-order chi connectivity index (χ0) is 6.53. The topological polar surface area (TPSA) is 35.5 Å². The van der Waals surface area contributed by atoms with E-state index in [1.54, 1.807) is 0 Å². The average Bonchev–Trinajstić information content (AvgIpc) is 2.63. The van der Waals surface area contributed by atoms with E-state index in [-0.39, 0.29) is 0 Å². The fraction of sp³-hybridized carbons (Fsp3) is 0.833. The van der Waals surface area contributed by atoms with Gasteiger partial charge in [0, 0.05) is 0 Å². The highest BCUT2D eigenvalue weighted by atomic mass is 17.2. The van der Waals surface area contributed by atoms with Crippen LogP contribution in [0.25, 0.3) is 0 Å². The lowest BCUT2D eigenvalue weighted by Crippen LogP contribution is -1.95. The van der Waals surface area contributed by atoms with E-state index < -0.39 is 0 Å². The molecular weight excluding hydrogens is 120 g/mol. The predicted molar refractivity (Wildman–Crippen MR) is 30.4 cm³/mol. The van der Waals surface area contributed by atoms with Crippen LogP contribution in [0.1, 0.15) is 19.3 Å². The number of carbonyl (C=O) groups excluding carboxylic acids is 1. The van der Waals surface area contributed by atoms with Crippen molar-refractivity contribution >= 4 is 6.47 Å². The Bertz CT molecular complexity index is 88.3. The van der Waals surface area contributed by atoms with Gasteiger partial charge in [-0.1, -0.05) is 12.8 Å². The molecule has 0 N–H and O–H groups in total. The zero-order valence-corrected chi connectivity index (χ0v) is 5.21. The summed E-state index contributed by atoms with van der Waals surface area (Å²) < 4.78 is 0. The molecule has 0 aromatic rings. The summed E-state index contributed by atoms with van der Waals surface area (Å²) in [7, 11) is 0. The lowest BCUT2D eigenvalue weighted by molar-refractivity contribution is -0.259. The first-order chi connectivity index (χ1) is 4.43. The van der Waals surface area contributed by atoms with Crippen LogP contribution in [0.2, 0.25) is 0 Å². The third-order valence-electron chi connectivity index (χ3n) is 1.41. The molecule has 0 bridgehead atoms. The van der Waals surface area contributed by atoms with Crippen LogP contribution in [0.4, 0.5) is 0 Å². The lowest BCUT2D eigenvalue weighted by atomic mass is 10.3. The molecule has 3 heteroatoms. The molecule has 0 aromatic carbocycles. The minimum absolute atomic E-state index is 0.299. The molecule has 1 saturated carbocycles. The zero-order valence-electron chi connectivity index (χ0n) is 5.21. The third-order valence-corrected chi connectivity index (χ3v) is 1.41. The van der Waals surface area contributed by atoms with E-state index in [2.05, 4.69) is 9.78 Å². The van der Waals surface area contributed by atoms with Crippen molar-refractivity contribution in [1.29, 1.82) is 0 Å². The summed E-state index contributed by atoms with van der Waals surface area (Å²) in [5, 5.41) is 0. The summed E-state index contributed by atoms with van der Waals surface area (Å²) in [5.41, 5.74) is 0. The van der Waals surface area contributed by atoms with Crippen LogP contribution in [0.5, 0.6) is 0 Å². The largest absolute Gasteiger partial charge is 0.330 e. The minimum atomic E-state index is 0.299. The first-order valence-electron chi connectivity index (χ1n) is 3.15. The van der Waals surface area contributed by atoms with Gasteiger partial charge in [0.2, 0.25) is 0 Å². The van der Waals surface area contributed by atoms with Crippen molar-refractivity contribution in [2.75, 3.05) is 6.61 Å². The standard InChI is InChI=1S/C6H10O3/c7-5-9-8-4-3-6-1-2-6/h5-6H,1-4H2. The number of hydrogen-bond acceptors (Lipinski definition) is 3. The molecule has 0 saturated heterocycles. The van der Waals surface area contributed by atoms with Crippen LogP contribution < -0.4 is 0 Å². The summed E-state index contributed by atoms with van der Waals surface area (Å²) in [6, 6.07) is 0. The minimum Gasteiger partial charge on any atom is -0.302 e. The van der Waals surface area contributed by atoms with Gasteiger partial charge in [0.15, 0.2) is 0 Å². The van der Waals surface area contributed by atoms with Crippen molar-refractivity contribution in [3.05, 3.63) is 0 Å². The van der Waals surface area contributed by atoms with Gasteiger partial charge >= 0.3 is 6.47 Å². The van der Waals surface area contributed by atoms with Crippen molar-refractivity contribution < 1.29 is 14.6 Å². The SMILES string of the molecule is O=COOCCC1CC1. The molecule has 3 nitrogen and oxygen atoms in total. The Morgan fingerprint density at radius 2 is 2.33 bits per heavy atom. The maximum Gasteiger partial charge on any atom is 0.330 e. The fourth-order valence-electron chi connectivity index (χ4n) is 0.697. The van der Waals surface area contributed by atoms with E-state index in [0.717, 1.165) is 12.3 Å². The Morgan fingerprint density at radius 3 is 2.89 bits per heavy atom. The molecule has 0 amide bonds. The van der Waals surface area contributed by atoms with E-state index >= 15 is 0 Å². The van der Waals surface area contributed by atoms with Gasteiger partial charge in [-0.2, -0.15) is 4.89 Å². The van der Waals surface area contributed by atoms with E-state index in [1.807, 2.05) is 0 Å². The first-order valence-corrected chi connectivity index (χ1v) is 3.15. The lowest BCUT2D eigenvalue weighted by Gasteiger charge is -1.95. The molecule has 0 spiro atoms. The van der Waals surface area contributed by atoms with Crippen LogP contribution in [0.3, 0.4) is 0 Å². The second-order valence-corrected chi connectivity index (χ2v) is 2.25. The molecule has 0 radical (unpaired) electrons. The molecule has 1 aliphatic carbocycles. The molecule has 52 valence electrons. The summed E-state index contributed by atoms with van der Waals surface area (Å²) in [5.74, 6) is 0.834. The molecule has 0 atom stereocenters. The quantitative estimate of drug-likeness (QED) is 0.240. The number of rotatable bonds is 5. The first kappa shape index (κ1) is 6.55. The maximum atomic E-state index is 9.52. The van der Waals surface area contributed by atoms with Crippen molar-refractivity contribution in [2.45, 2.75) is 19.3 Å². The predicted octanol–water partition coefficient (Wildman–Crippen LogP) is 0.891. The van der Waals surface area contributed by atoms with Crippen molar-refractivity contribution in [3.63, 3.8) is 0 Å². The molecule has 9 heavy (non-hydrogen) atoms. The third kappa shape index (κ3) is 3.08. The number of hydrogen-bond donors (Lipinski definition) is 0. The van der Waals surface area contributed by atoms with Crippen LogP contribution in [0, 0.1) is 5.92 Å². The highest BCUT2D eigenvalue weighted by molar-refractivity contribution is 5.35. The van der Waals surface area contributed by atoms with Crippen LogP contribution >= 0.6 is 0 Å². The molecule has 0 aromatic heterocycles. The van der Waals surface area contributed by atoms with Crippen molar-refractivity contribution in [2.24, 2.45) is 5.92 Å². The Labute approximate surface area is 53.9 Å². The smallest absolute Gasteiger partial charge is 0.302 e. The maximum absolute atomic E-state index is 9.52. The van der Waals surface area contributed by atoms with Gasteiger partial charge in [-0.05, 0) is 12.3 Å². The fourth-order valence-corrected chi connectivity index (χ4v) is 0.697. The van der Waals surface area contributed by atoms with E-state index in [1.165, 1.54) is 12.8 Å². The summed E-state index contributed by atoms with van der Waals surface area (Å²) in [4.78, 5) is 18.0. The Hall–Kier alpha value is -0.570. The Balaban J connectivity index is 1.75. The average molecular weight is 130 g/mol. The highest BCUT2D eigenvalue weighted by Crippen LogP contribution is 2.31. The van der Waals surface area contributed by atoms with Crippen LogP contribution in [-0.4, -0.2) is 13.1 Å². The molecule has 0 aliphatic heterocycles. The van der Waals surface area contributed by atoms with Gasteiger partial charge in [0.25, 0.3) is 0 Å². The highest BCUT2D eigenvalue weighted by Gasteiger charge is 2.20. The van der Waals surface area contributed by atoms with Crippen LogP contribution in [-0.2, 0) is 14.6 Å². The molecule has 1 aliphatic rings. The Morgan fingerprint density at radius 1 is 1.56 bits per heavy atom. The van der Waals surface area contributed by atoms with Gasteiger partial charge in [-0.3, -0.25) is 4.79 Å². The van der Waals surface area contributed by atoms with E-state index in [9.17, 15) is 4.79 Å². The van der Waals surface area contributed by atoms with Gasteiger partial charge in [0.1, 0.15) is 0 Å². The van der Waals surface area contributed by atoms with E-state index in [0.29, 0.717) is 13.1 Å². The van der Waals surface area contributed by atoms with Crippen LogP contribution in [0.15, 0.2) is 0 Å². The number of carbonyl (C=O) groups is 1. The molecular formula is C6H10O3. The normalized spacial score (nSPS) is 17.3. The van der Waals surface area contributed by atoms with Crippen molar-refractivity contribution in [1.82, 2.24) is 0 Å². The summed E-state index contributed by atoms with van der Waals surface area (Å²) in [6.45, 7) is 0.844.